The van der Waals surface area contributed by atoms with E-state index in [0.717, 1.165) is 27.7 Å². The van der Waals surface area contributed by atoms with E-state index in [1.807, 2.05) is 44.2 Å². The Bertz CT molecular complexity index is 1070. The highest BCUT2D eigenvalue weighted by atomic mass is 16.3. The molecule has 0 atom stereocenters. The van der Waals surface area contributed by atoms with Crippen LogP contribution < -0.4 is 5.43 Å². The van der Waals surface area contributed by atoms with Crippen molar-refractivity contribution in [3.63, 3.8) is 0 Å². The highest BCUT2D eigenvalue weighted by Crippen LogP contribution is 2.31. The van der Waals surface area contributed by atoms with Crippen LogP contribution in [0.15, 0.2) is 62.4 Å². The molecule has 0 amide bonds. The Labute approximate surface area is 126 Å². The van der Waals surface area contributed by atoms with Gasteiger partial charge >= 0.3 is 0 Å². The minimum Gasteiger partial charge on any atom is -0.464 e. The van der Waals surface area contributed by atoms with Crippen molar-refractivity contribution < 1.29 is 8.83 Å². The predicted octanol–water partition coefficient (Wildman–Crippen LogP) is 4.82. The number of aryl methyl sites for hydroxylation is 2. The van der Waals surface area contributed by atoms with Crippen LogP contribution in [0.25, 0.3) is 33.3 Å². The van der Waals surface area contributed by atoms with Gasteiger partial charge in [-0.2, -0.15) is 0 Å². The lowest BCUT2D eigenvalue weighted by atomic mass is 10.1. The Morgan fingerprint density at radius 3 is 2.68 bits per heavy atom. The van der Waals surface area contributed by atoms with Gasteiger partial charge in [-0.25, -0.2) is 0 Å². The van der Waals surface area contributed by atoms with E-state index in [1.54, 1.807) is 18.4 Å². The number of benzene rings is 2. The van der Waals surface area contributed by atoms with Gasteiger partial charge in [-0.15, -0.1) is 0 Å². The van der Waals surface area contributed by atoms with Gasteiger partial charge in [0.1, 0.15) is 16.9 Å². The summed E-state index contributed by atoms with van der Waals surface area (Å²) in [6.45, 7) is 3.96. The summed E-state index contributed by atoms with van der Waals surface area (Å²) in [5.41, 5.74) is 4.27. The first-order chi connectivity index (χ1) is 10.6. The molecule has 0 aliphatic heterocycles. The van der Waals surface area contributed by atoms with Gasteiger partial charge in [-0.3, -0.25) is 4.79 Å². The van der Waals surface area contributed by atoms with Crippen molar-refractivity contribution in [2.75, 3.05) is 0 Å². The molecule has 0 aliphatic rings. The van der Waals surface area contributed by atoms with Gasteiger partial charge in [-0.1, -0.05) is 23.8 Å². The Morgan fingerprint density at radius 1 is 1.00 bits per heavy atom. The van der Waals surface area contributed by atoms with Crippen LogP contribution in [0, 0.1) is 13.8 Å². The van der Waals surface area contributed by atoms with Crippen LogP contribution >= 0.6 is 0 Å². The van der Waals surface area contributed by atoms with Crippen molar-refractivity contribution in [1.82, 2.24) is 0 Å². The molecule has 0 fully saturated rings. The SMILES string of the molecule is Cc1cccc(-c2cc(=O)c3ccc4occ(C)c4c3o2)c1. The molecule has 4 rings (SSSR count). The molecular weight excluding hydrogens is 276 g/mol. The number of fused-ring (bicyclic) bond motifs is 3. The van der Waals surface area contributed by atoms with Crippen LogP contribution in [-0.4, -0.2) is 0 Å². The molecule has 0 spiro atoms. The molecule has 22 heavy (non-hydrogen) atoms. The first-order valence-electron chi connectivity index (χ1n) is 7.15. The van der Waals surface area contributed by atoms with Crippen molar-refractivity contribution in [1.29, 1.82) is 0 Å². The van der Waals surface area contributed by atoms with Crippen molar-refractivity contribution in [3.05, 3.63) is 70.1 Å². The molecule has 0 unspecified atom stereocenters. The summed E-state index contributed by atoms with van der Waals surface area (Å²) in [4.78, 5) is 12.4. The van der Waals surface area contributed by atoms with Gasteiger partial charge in [0.05, 0.1) is 17.0 Å². The number of furan rings is 1. The smallest absolute Gasteiger partial charge is 0.193 e. The Balaban J connectivity index is 2.12. The van der Waals surface area contributed by atoms with Gasteiger partial charge in [-0.05, 0) is 37.6 Å². The zero-order valence-electron chi connectivity index (χ0n) is 12.3. The second kappa shape index (κ2) is 4.60. The summed E-state index contributed by atoms with van der Waals surface area (Å²) in [6, 6.07) is 13.0. The number of hydrogen-bond donors (Lipinski definition) is 0. The van der Waals surface area contributed by atoms with E-state index in [9.17, 15) is 4.79 Å². The van der Waals surface area contributed by atoms with Crippen molar-refractivity contribution in [2.45, 2.75) is 13.8 Å². The lowest BCUT2D eigenvalue weighted by Crippen LogP contribution is -2.00. The van der Waals surface area contributed by atoms with Gasteiger partial charge < -0.3 is 8.83 Å². The average molecular weight is 290 g/mol. The molecule has 2 heterocycles. The number of rotatable bonds is 1. The molecule has 0 saturated heterocycles. The first-order valence-corrected chi connectivity index (χ1v) is 7.15. The van der Waals surface area contributed by atoms with E-state index in [-0.39, 0.29) is 5.43 Å². The van der Waals surface area contributed by atoms with Crippen molar-refractivity contribution in [3.8, 4) is 11.3 Å². The second-order valence-corrected chi connectivity index (χ2v) is 5.58. The summed E-state index contributed by atoms with van der Waals surface area (Å²) < 4.78 is 11.6. The summed E-state index contributed by atoms with van der Waals surface area (Å²) in [5, 5.41) is 1.44. The van der Waals surface area contributed by atoms with Crippen LogP contribution in [0.4, 0.5) is 0 Å². The zero-order chi connectivity index (χ0) is 15.3. The summed E-state index contributed by atoms with van der Waals surface area (Å²) >= 11 is 0. The van der Waals surface area contributed by atoms with E-state index in [1.165, 1.54) is 0 Å². The highest BCUT2D eigenvalue weighted by molar-refractivity contribution is 6.04. The molecule has 2 aromatic heterocycles. The first kappa shape index (κ1) is 12.9. The van der Waals surface area contributed by atoms with Gasteiger partial charge in [0.15, 0.2) is 5.43 Å². The van der Waals surface area contributed by atoms with Gasteiger partial charge in [0, 0.05) is 11.6 Å². The Kier molecular flexibility index (Phi) is 2.70. The molecule has 3 nitrogen and oxygen atoms in total. The quantitative estimate of drug-likeness (QED) is 0.504. The molecule has 108 valence electrons. The fraction of sp³-hybridized carbons (Fsp3) is 0.105. The third-order valence-electron chi connectivity index (χ3n) is 3.92. The van der Waals surface area contributed by atoms with Crippen LogP contribution in [0.5, 0.6) is 0 Å². The predicted molar refractivity (Wildman–Crippen MR) is 87.2 cm³/mol. The normalized spacial score (nSPS) is 11.4. The summed E-state index contributed by atoms with van der Waals surface area (Å²) in [6.07, 6.45) is 1.68. The standard InChI is InChI=1S/C19H14O3/c1-11-4-3-5-13(8-11)17-9-15(20)14-6-7-16-18(19(14)22-17)12(2)10-21-16/h3-10H,1-2H3. The minimum atomic E-state index is -0.0414. The van der Waals surface area contributed by atoms with Crippen molar-refractivity contribution in [2.24, 2.45) is 0 Å². The maximum atomic E-state index is 12.4. The summed E-state index contributed by atoms with van der Waals surface area (Å²) in [5.74, 6) is 0.578. The number of hydrogen-bond acceptors (Lipinski definition) is 3. The van der Waals surface area contributed by atoms with Crippen LogP contribution in [0.3, 0.4) is 0 Å². The molecule has 2 aromatic carbocycles. The Morgan fingerprint density at radius 2 is 1.86 bits per heavy atom. The fourth-order valence-electron chi connectivity index (χ4n) is 2.82. The van der Waals surface area contributed by atoms with E-state index in [4.69, 9.17) is 8.83 Å². The molecule has 0 bridgehead atoms. The van der Waals surface area contributed by atoms with Crippen molar-refractivity contribution >= 4 is 21.9 Å². The van der Waals surface area contributed by atoms with E-state index >= 15 is 0 Å². The maximum Gasteiger partial charge on any atom is 0.193 e. The third-order valence-corrected chi connectivity index (χ3v) is 3.92. The molecule has 0 radical (unpaired) electrons. The topological polar surface area (TPSA) is 43.4 Å². The largest absolute Gasteiger partial charge is 0.464 e. The monoisotopic (exact) mass is 290 g/mol. The lowest BCUT2D eigenvalue weighted by molar-refractivity contribution is 0.610. The van der Waals surface area contributed by atoms with Crippen LogP contribution in [0.2, 0.25) is 0 Å². The molecule has 0 aliphatic carbocycles. The Hall–Kier alpha value is -2.81. The molecule has 0 saturated carbocycles. The molecule has 4 aromatic rings. The second-order valence-electron chi connectivity index (χ2n) is 5.58. The van der Waals surface area contributed by atoms with Gasteiger partial charge in [0.25, 0.3) is 0 Å². The van der Waals surface area contributed by atoms with E-state index in [0.29, 0.717) is 16.7 Å². The van der Waals surface area contributed by atoms with E-state index in [2.05, 4.69) is 0 Å². The molecule has 0 N–H and O–H groups in total. The summed E-state index contributed by atoms with van der Waals surface area (Å²) in [7, 11) is 0. The minimum absolute atomic E-state index is 0.0414. The maximum absolute atomic E-state index is 12.4. The molecular formula is C19H14O3. The van der Waals surface area contributed by atoms with Gasteiger partial charge in [0.2, 0.25) is 0 Å². The third kappa shape index (κ3) is 1.86. The fourth-order valence-corrected chi connectivity index (χ4v) is 2.82. The lowest BCUT2D eigenvalue weighted by Gasteiger charge is -2.05. The van der Waals surface area contributed by atoms with Crippen LogP contribution in [-0.2, 0) is 0 Å². The molecule has 3 heteroatoms. The highest BCUT2D eigenvalue weighted by Gasteiger charge is 2.13. The zero-order valence-corrected chi connectivity index (χ0v) is 12.3. The van der Waals surface area contributed by atoms with E-state index < -0.39 is 0 Å². The average Bonchev–Trinajstić information content (AvgIpc) is 2.89. The van der Waals surface area contributed by atoms with Crippen LogP contribution in [0.1, 0.15) is 11.1 Å².